The number of hydrogen-bond donors (Lipinski definition) is 2. The van der Waals surface area contributed by atoms with E-state index in [9.17, 15) is 5.11 Å². The Balaban J connectivity index is 2.10. The molecule has 0 aromatic heterocycles. The molecule has 1 aliphatic rings. The topological polar surface area (TPSA) is 32.3 Å². The highest BCUT2D eigenvalue weighted by Gasteiger charge is 2.21. The zero-order chi connectivity index (χ0) is 12.3. The summed E-state index contributed by atoms with van der Waals surface area (Å²) < 4.78 is 0. The first kappa shape index (κ1) is 12.7. The summed E-state index contributed by atoms with van der Waals surface area (Å²) in [6.45, 7) is 2.00. The number of hydrogen-bond acceptors (Lipinski definition) is 2. The Morgan fingerprint density at radius 3 is 2.82 bits per heavy atom. The molecular formula is C14H20ClNO. The van der Waals surface area contributed by atoms with Gasteiger partial charge in [-0.15, -0.1) is 0 Å². The van der Waals surface area contributed by atoms with E-state index in [1.165, 1.54) is 12.8 Å². The molecule has 2 rings (SSSR count). The zero-order valence-corrected chi connectivity index (χ0v) is 11.0. The summed E-state index contributed by atoms with van der Waals surface area (Å²) in [5.74, 6) is 0. The first-order valence-electron chi connectivity index (χ1n) is 6.38. The molecule has 1 fully saturated rings. The fourth-order valence-corrected chi connectivity index (χ4v) is 2.60. The van der Waals surface area contributed by atoms with Crippen molar-refractivity contribution >= 4 is 17.3 Å². The highest BCUT2D eigenvalue weighted by Crippen LogP contribution is 2.28. The number of benzene rings is 1. The lowest BCUT2D eigenvalue weighted by molar-refractivity contribution is 0.144. The lowest BCUT2D eigenvalue weighted by atomic mass is 10.1. The Bertz CT molecular complexity index is 380. The van der Waals surface area contributed by atoms with Gasteiger partial charge in [0.25, 0.3) is 0 Å². The molecule has 17 heavy (non-hydrogen) atoms. The summed E-state index contributed by atoms with van der Waals surface area (Å²) in [5, 5.41) is 14.2. The van der Waals surface area contributed by atoms with E-state index in [0.29, 0.717) is 0 Å². The smallest absolute Gasteiger partial charge is 0.0741 e. The van der Waals surface area contributed by atoms with Crippen LogP contribution in [0.3, 0.4) is 0 Å². The van der Waals surface area contributed by atoms with Gasteiger partial charge in [-0.2, -0.15) is 0 Å². The minimum atomic E-state index is -0.255. The Morgan fingerprint density at radius 2 is 2.00 bits per heavy atom. The molecule has 0 spiro atoms. The van der Waals surface area contributed by atoms with Gasteiger partial charge in [-0.3, -0.25) is 0 Å². The molecule has 1 aliphatic carbocycles. The predicted molar refractivity (Wildman–Crippen MR) is 72.7 cm³/mol. The van der Waals surface area contributed by atoms with E-state index in [1.54, 1.807) is 0 Å². The van der Waals surface area contributed by atoms with Gasteiger partial charge in [-0.05, 0) is 31.4 Å². The van der Waals surface area contributed by atoms with Crippen LogP contribution in [0.4, 0.5) is 5.69 Å². The first-order valence-corrected chi connectivity index (χ1v) is 6.76. The minimum absolute atomic E-state index is 0.136. The van der Waals surface area contributed by atoms with Crippen LogP contribution < -0.4 is 5.32 Å². The lowest BCUT2D eigenvalue weighted by Gasteiger charge is -2.23. The third-order valence-corrected chi connectivity index (χ3v) is 4.01. The Kier molecular flexibility index (Phi) is 4.30. The third kappa shape index (κ3) is 3.14. The van der Waals surface area contributed by atoms with E-state index in [0.717, 1.165) is 35.5 Å². The molecule has 0 amide bonds. The molecule has 2 nitrogen and oxygen atoms in total. The van der Waals surface area contributed by atoms with Crippen LogP contribution in [0.5, 0.6) is 0 Å². The van der Waals surface area contributed by atoms with Crippen molar-refractivity contribution in [2.24, 2.45) is 0 Å². The molecular weight excluding hydrogens is 234 g/mol. The fraction of sp³-hybridized carbons (Fsp3) is 0.571. The number of anilines is 1. The van der Waals surface area contributed by atoms with E-state index < -0.39 is 0 Å². The second-order valence-corrected chi connectivity index (χ2v) is 5.27. The molecule has 0 aliphatic heterocycles. The summed E-state index contributed by atoms with van der Waals surface area (Å²) >= 11 is 6.26. The van der Waals surface area contributed by atoms with E-state index in [2.05, 4.69) is 5.32 Å². The van der Waals surface area contributed by atoms with Crippen molar-refractivity contribution in [3.8, 4) is 0 Å². The second-order valence-electron chi connectivity index (χ2n) is 4.89. The quantitative estimate of drug-likeness (QED) is 0.787. The fourth-order valence-electron chi connectivity index (χ4n) is 2.42. The highest BCUT2D eigenvalue weighted by molar-refractivity contribution is 6.34. The molecule has 2 unspecified atom stereocenters. The van der Waals surface area contributed by atoms with Crippen molar-refractivity contribution in [2.45, 2.75) is 51.2 Å². The molecule has 0 heterocycles. The van der Waals surface area contributed by atoms with Gasteiger partial charge in [0.15, 0.2) is 0 Å². The van der Waals surface area contributed by atoms with Gasteiger partial charge < -0.3 is 10.4 Å². The largest absolute Gasteiger partial charge is 0.391 e. The van der Waals surface area contributed by atoms with Crippen LogP contribution in [0.2, 0.25) is 5.02 Å². The van der Waals surface area contributed by atoms with Gasteiger partial charge in [0.2, 0.25) is 0 Å². The van der Waals surface area contributed by atoms with E-state index >= 15 is 0 Å². The second kappa shape index (κ2) is 5.74. The predicted octanol–water partition coefficient (Wildman–Crippen LogP) is 3.75. The van der Waals surface area contributed by atoms with Crippen molar-refractivity contribution in [1.29, 1.82) is 0 Å². The molecule has 0 bridgehead atoms. The Hall–Kier alpha value is -0.730. The van der Waals surface area contributed by atoms with Crippen LogP contribution in [-0.2, 0) is 0 Å². The maximum absolute atomic E-state index is 10.1. The van der Waals surface area contributed by atoms with Crippen LogP contribution >= 0.6 is 11.6 Å². The standard InChI is InChI=1S/C14H20ClNO/c1-10-6-5-8-12(14(10)15)16-11-7-3-2-4-9-13(11)17/h5-6,8,11,13,16-17H,2-4,7,9H2,1H3. The Labute approximate surface area is 108 Å². The van der Waals surface area contributed by atoms with Gasteiger partial charge in [-0.1, -0.05) is 43.0 Å². The van der Waals surface area contributed by atoms with Gasteiger partial charge in [-0.25, -0.2) is 0 Å². The van der Waals surface area contributed by atoms with Gasteiger partial charge >= 0.3 is 0 Å². The van der Waals surface area contributed by atoms with Crippen molar-refractivity contribution in [1.82, 2.24) is 0 Å². The van der Waals surface area contributed by atoms with Crippen LogP contribution in [0, 0.1) is 6.92 Å². The first-order chi connectivity index (χ1) is 8.18. The average molecular weight is 254 g/mol. The van der Waals surface area contributed by atoms with Crippen molar-refractivity contribution in [3.63, 3.8) is 0 Å². The number of halogens is 1. The molecule has 1 aromatic carbocycles. The number of rotatable bonds is 2. The van der Waals surface area contributed by atoms with Crippen molar-refractivity contribution < 1.29 is 5.11 Å². The average Bonchev–Trinajstić information content (AvgIpc) is 2.51. The highest BCUT2D eigenvalue weighted by atomic mass is 35.5. The third-order valence-electron chi connectivity index (χ3n) is 3.51. The van der Waals surface area contributed by atoms with Gasteiger partial charge in [0.1, 0.15) is 0 Å². The molecule has 0 radical (unpaired) electrons. The van der Waals surface area contributed by atoms with Gasteiger partial charge in [0.05, 0.1) is 22.9 Å². The SMILES string of the molecule is Cc1cccc(NC2CCCCCC2O)c1Cl. The van der Waals surface area contributed by atoms with Crippen LogP contribution in [0.25, 0.3) is 0 Å². The summed E-state index contributed by atoms with van der Waals surface area (Å²) in [6.07, 6.45) is 5.18. The molecule has 0 saturated heterocycles. The zero-order valence-electron chi connectivity index (χ0n) is 10.2. The number of aliphatic hydroxyl groups excluding tert-OH is 1. The molecule has 1 saturated carbocycles. The van der Waals surface area contributed by atoms with Crippen molar-refractivity contribution in [2.75, 3.05) is 5.32 Å². The minimum Gasteiger partial charge on any atom is -0.391 e. The van der Waals surface area contributed by atoms with E-state index in [4.69, 9.17) is 11.6 Å². The molecule has 2 atom stereocenters. The molecule has 3 heteroatoms. The monoisotopic (exact) mass is 253 g/mol. The normalized spacial score (nSPS) is 25.4. The van der Waals surface area contributed by atoms with Gasteiger partial charge in [0, 0.05) is 0 Å². The molecule has 94 valence electrons. The molecule has 2 N–H and O–H groups in total. The summed E-state index contributed by atoms with van der Waals surface area (Å²) in [4.78, 5) is 0. The number of aryl methyl sites for hydroxylation is 1. The number of nitrogens with one attached hydrogen (secondary N) is 1. The summed E-state index contributed by atoms with van der Waals surface area (Å²) in [6, 6.07) is 6.10. The van der Waals surface area contributed by atoms with E-state index in [1.807, 2.05) is 25.1 Å². The van der Waals surface area contributed by atoms with Crippen LogP contribution in [0.15, 0.2) is 18.2 Å². The summed E-state index contributed by atoms with van der Waals surface area (Å²) in [7, 11) is 0. The summed E-state index contributed by atoms with van der Waals surface area (Å²) in [5.41, 5.74) is 2.01. The Morgan fingerprint density at radius 1 is 1.24 bits per heavy atom. The van der Waals surface area contributed by atoms with Crippen molar-refractivity contribution in [3.05, 3.63) is 28.8 Å². The maximum atomic E-state index is 10.1. The van der Waals surface area contributed by atoms with E-state index in [-0.39, 0.29) is 12.1 Å². The van der Waals surface area contributed by atoms with Crippen LogP contribution in [-0.4, -0.2) is 17.3 Å². The number of aliphatic hydroxyl groups is 1. The van der Waals surface area contributed by atoms with Crippen LogP contribution in [0.1, 0.15) is 37.7 Å². The maximum Gasteiger partial charge on any atom is 0.0741 e. The molecule has 1 aromatic rings. The lowest BCUT2D eigenvalue weighted by Crippen LogP contribution is -2.32.